The molecule has 1 aromatic rings. The van der Waals surface area contributed by atoms with Gasteiger partial charge in [0.1, 0.15) is 5.75 Å². The molecule has 110 valence electrons. The zero-order valence-electron chi connectivity index (χ0n) is 12.5. The van der Waals surface area contributed by atoms with Crippen molar-refractivity contribution in [1.29, 1.82) is 0 Å². The quantitative estimate of drug-likeness (QED) is 0.869. The smallest absolute Gasteiger partial charge is 0.232 e. The topological polar surface area (TPSA) is 50.4 Å². The molecular formula is C16H24N2O2. The minimum atomic E-state index is -0.304. The molecule has 0 aliphatic carbocycles. The number of hydrogen-bond donors (Lipinski definition) is 2. The van der Waals surface area contributed by atoms with Gasteiger partial charge in [-0.15, -0.1) is 0 Å². The number of carbonyl (C=O) groups is 1. The molecule has 1 fully saturated rings. The number of hydrogen-bond acceptors (Lipinski definition) is 3. The zero-order valence-corrected chi connectivity index (χ0v) is 12.5. The highest BCUT2D eigenvalue weighted by molar-refractivity contribution is 5.96. The van der Waals surface area contributed by atoms with Crippen LogP contribution in [-0.2, 0) is 4.79 Å². The largest absolute Gasteiger partial charge is 0.494 e. The third kappa shape index (κ3) is 2.96. The molecule has 1 aliphatic heterocycles. The summed E-state index contributed by atoms with van der Waals surface area (Å²) in [6, 6.07) is 7.57. The van der Waals surface area contributed by atoms with Gasteiger partial charge >= 0.3 is 0 Å². The molecule has 0 bridgehead atoms. The van der Waals surface area contributed by atoms with Crippen LogP contribution in [0.5, 0.6) is 5.75 Å². The fourth-order valence-corrected chi connectivity index (χ4v) is 2.75. The van der Waals surface area contributed by atoms with Crippen LogP contribution in [0.2, 0.25) is 0 Å². The zero-order chi connectivity index (χ0) is 14.6. The monoisotopic (exact) mass is 276 g/mol. The average molecular weight is 276 g/mol. The van der Waals surface area contributed by atoms with Crippen LogP contribution in [0.25, 0.3) is 0 Å². The van der Waals surface area contributed by atoms with Crippen LogP contribution in [0.4, 0.5) is 5.69 Å². The van der Waals surface area contributed by atoms with E-state index in [1.165, 1.54) is 0 Å². The van der Waals surface area contributed by atoms with Gasteiger partial charge in [0.15, 0.2) is 0 Å². The number of benzene rings is 1. The average Bonchev–Trinajstić information content (AvgIpc) is 2.90. The second kappa shape index (κ2) is 6.27. The fourth-order valence-electron chi connectivity index (χ4n) is 2.75. The number of anilines is 1. The first-order chi connectivity index (χ1) is 9.58. The molecule has 4 nitrogen and oxygen atoms in total. The highest BCUT2D eigenvalue weighted by Crippen LogP contribution is 2.35. The lowest BCUT2D eigenvalue weighted by molar-refractivity contribution is -0.126. The summed E-state index contributed by atoms with van der Waals surface area (Å²) >= 11 is 0. The summed E-state index contributed by atoms with van der Waals surface area (Å²) in [5.74, 6) is 1.20. The molecule has 20 heavy (non-hydrogen) atoms. The Morgan fingerprint density at radius 1 is 1.50 bits per heavy atom. The predicted octanol–water partition coefficient (Wildman–Crippen LogP) is 2.66. The Hall–Kier alpha value is -1.55. The summed E-state index contributed by atoms with van der Waals surface area (Å²) in [6.45, 7) is 8.46. The molecule has 0 aromatic heterocycles. The van der Waals surface area contributed by atoms with E-state index in [0.717, 1.165) is 30.9 Å². The van der Waals surface area contributed by atoms with Crippen LogP contribution >= 0.6 is 0 Å². The van der Waals surface area contributed by atoms with E-state index >= 15 is 0 Å². The highest BCUT2D eigenvalue weighted by atomic mass is 16.5. The Balaban J connectivity index is 2.12. The van der Waals surface area contributed by atoms with E-state index in [1.807, 2.05) is 31.2 Å². The highest BCUT2D eigenvalue weighted by Gasteiger charge is 2.43. The van der Waals surface area contributed by atoms with Crippen LogP contribution in [0, 0.1) is 11.3 Å². The molecular weight excluding hydrogens is 252 g/mol. The first kappa shape index (κ1) is 14.9. The SMILES string of the molecule is CCOc1cccc(NC(=O)C2(C(C)C)CCNC2)c1. The molecule has 0 radical (unpaired) electrons. The number of amides is 1. The molecule has 1 aromatic carbocycles. The number of rotatable bonds is 5. The van der Waals surface area contributed by atoms with Crippen LogP contribution in [-0.4, -0.2) is 25.6 Å². The van der Waals surface area contributed by atoms with Crippen molar-refractivity contribution in [2.75, 3.05) is 25.0 Å². The Morgan fingerprint density at radius 3 is 2.90 bits per heavy atom. The minimum Gasteiger partial charge on any atom is -0.494 e. The van der Waals surface area contributed by atoms with Gasteiger partial charge in [0.25, 0.3) is 0 Å². The maximum atomic E-state index is 12.7. The van der Waals surface area contributed by atoms with Gasteiger partial charge in [-0.25, -0.2) is 0 Å². The van der Waals surface area contributed by atoms with E-state index < -0.39 is 0 Å². The third-order valence-corrected chi connectivity index (χ3v) is 4.15. The molecule has 1 unspecified atom stereocenters. The molecule has 0 saturated carbocycles. The number of carbonyl (C=O) groups excluding carboxylic acids is 1. The fraction of sp³-hybridized carbons (Fsp3) is 0.562. The lowest BCUT2D eigenvalue weighted by Gasteiger charge is -2.31. The molecule has 1 aliphatic rings. The van der Waals surface area contributed by atoms with Crippen LogP contribution < -0.4 is 15.4 Å². The number of nitrogens with one attached hydrogen (secondary N) is 2. The van der Waals surface area contributed by atoms with E-state index in [0.29, 0.717) is 12.5 Å². The molecule has 0 spiro atoms. The van der Waals surface area contributed by atoms with Crippen molar-refractivity contribution >= 4 is 11.6 Å². The van der Waals surface area contributed by atoms with E-state index in [1.54, 1.807) is 0 Å². The summed E-state index contributed by atoms with van der Waals surface area (Å²) in [7, 11) is 0. The van der Waals surface area contributed by atoms with Gasteiger partial charge in [-0.05, 0) is 37.9 Å². The molecule has 1 atom stereocenters. The first-order valence-electron chi connectivity index (χ1n) is 7.33. The molecule has 1 heterocycles. The van der Waals surface area contributed by atoms with Crippen molar-refractivity contribution in [2.24, 2.45) is 11.3 Å². The van der Waals surface area contributed by atoms with Crippen LogP contribution in [0.15, 0.2) is 24.3 Å². The summed E-state index contributed by atoms with van der Waals surface area (Å²) in [4.78, 5) is 12.7. The molecule has 4 heteroatoms. The van der Waals surface area contributed by atoms with Gasteiger partial charge in [0.05, 0.1) is 12.0 Å². The third-order valence-electron chi connectivity index (χ3n) is 4.15. The summed E-state index contributed by atoms with van der Waals surface area (Å²) in [5.41, 5.74) is 0.495. The Kier molecular flexibility index (Phi) is 4.65. The summed E-state index contributed by atoms with van der Waals surface area (Å²) < 4.78 is 5.46. The Bertz CT molecular complexity index is 465. The van der Waals surface area contributed by atoms with Crippen LogP contribution in [0.1, 0.15) is 27.2 Å². The van der Waals surface area contributed by atoms with Gasteiger partial charge < -0.3 is 15.4 Å². The lowest BCUT2D eigenvalue weighted by atomic mass is 9.75. The van der Waals surface area contributed by atoms with Crippen LogP contribution in [0.3, 0.4) is 0 Å². The van der Waals surface area contributed by atoms with Crippen molar-refractivity contribution in [3.63, 3.8) is 0 Å². The van der Waals surface area contributed by atoms with Gasteiger partial charge in [-0.1, -0.05) is 19.9 Å². The second-order valence-corrected chi connectivity index (χ2v) is 5.65. The standard InChI is InChI=1S/C16H24N2O2/c1-4-20-14-7-5-6-13(10-14)18-15(19)16(12(2)3)8-9-17-11-16/h5-7,10,12,17H,4,8-9,11H2,1-3H3,(H,18,19). The van der Waals surface area contributed by atoms with Gasteiger partial charge in [0.2, 0.25) is 5.91 Å². The van der Waals surface area contributed by atoms with E-state index in [4.69, 9.17) is 4.74 Å². The molecule has 2 N–H and O–H groups in total. The van der Waals surface area contributed by atoms with Crippen molar-refractivity contribution < 1.29 is 9.53 Å². The maximum Gasteiger partial charge on any atom is 0.232 e. The maximum absolute atomic E-state index is 12.7. The van der Waals surface area contributed by atoms with Gasteiger partial charge in [0, 0.05) is 18.3 Å². The normalized spacial score (nSPS) is 22.0. The summed E-state index contributed by atoms with van der Waals surface area (Å²) in [5, 5.41) is 6.35. The van der Waals surface area contributed by atoms with E-state index in [2.05, 4.69) is 24.5 Å². The lowest BCUT2D eigenvalue weighted by Crippen LogP contribution is -2.42. The number of ether oxygens (including phenoxy) is 1. The predicted molar refractivity (Wildman–Crippen MR) is 81.0 cm³/mol. The van der Waals surface area contributed by atoms with Crippen molar-refractivity contribution in [3.8, 4) is 5.75 Å². The van der Waals surface area contributed by atoms with Crippen molar-refractivity contribution in [1.82, 2.24) is 5.32 Å². The Labute approximate surface area is 120 Å². The van der Waals surface area contributed by atoms with Crippen molar-refractivity contribution in [3.05, 3.63) is 24.3 Å². The minimum absolute atomic E-state index is 0.103. The van der Waals surface area contributed by atoms with E-state index in [9.17, 15) is 4.79 Å². The van der Waals surface area contributed by atoms with Gasteiger partial charge in [-0.2, -0.15) is 0 Å². The first-order valence-corrected chi connectivity index (χ1v) is 7.33. The second-order valence-electron chi connectivity index (χ2n) is 5.65. The Morgan fingerprint density at radius 2 is 2.30 bits per heavy atom. The van der Waals surface area contributed by atoms with E-state index in [-0.39, 0.29) is 11.3 Å². The molecule has 1 amide bonds. The molecule has 1 saturated heterocycles. The van der Waals surface area contributed by atoms with Crippen molar-refractivity contribution in [2.45, 2.75) is 27.2 Å². The van der Waals surface area contributed by atoms with Gasteiger partial charge in [-0.3, -0.25) is 4.79 Å². The molecule has 2 rings (SSSR count). The summed E-state index contributed by atoms with van der Waals surface area (Å²) in [6.07, 6.45) is 0.891.